The Morgan fingerprint density at radius 3 is 2.50 bits per heavy atom. The minimum atomic E-state index is -3.11. The third-order valence-electron chi connectivity index (χ3n) is 1.99. The molecule has 0 heterocycles. The molecule has 0 saturated carbocycles. The molecule has 100 valence electrons. The van der Waals surface area contributed by atoms with Crippen molar-refractivity contribution in [1.29, 1.82) is 0 Å². The standard InChI is InChI=1S/C11H13F3N2O2/c1-11(2,15)9(17)16-6-3-4-8(7(12)5-6)18-10(13)14/h3-5,10H,15H2,1-2H3,(H,16,17). The molecule has 0 unspecified atom stereocenters. The Kier molecular flexibility index (Phi) is 4.18. The maximum Gasteiger partial charge on any atom is 0.387 e. The molecule has 0 aliphatic heterocycles. The summed E-state index contributed by atoms with van der Waals surface area (Å²) in [6.45, 7) is -0.150. The number of hydrogen-bond donors (Lipinski definition) is 2. The first-order chi connectivity index (χ1) is 8.20. The monoisotopic (exact) mass is 262 g/mol. The van der Waals surface area contributed by atoms with E-state index in [4.69, 9.17) is 5.73 Å². The molecule has 0 atom stereocenters. The van der Waals surface area contributed by atoms with Crippen LogP contribution < -0.4 is 15.8 Å². The fraction of sp³-hybridized carbons (Fsp3) is 0.364. The summed E-state index contributed by atoms with van der Waals surface area (Å²) < 4.78 is 41.0. The fourth-order valence-electron chi connectivity index (χ4n) is 1.06. The summed E-state index contributed by atoms with van der Waals surface area (Å²) in [6.07, 6.45) is 0. The van der Waals surface area contributed by atoms with Crippen LogP contribution in [-0.4, -0.2) is 18.1 Å². The van der Waals surface area contributed by atoms with E-state index in [1.807, 2.05) is 0 Å². The molecule has 0 radical (unpaired) electrons. The molecule has 1 amide bonds. The highest BCUT2D eigenvalue weighted by Gasteiger charge is 2.22. The number of nitrogens with two attached hydrogens (primary N) is 1. The zero-order chi connectivity index (χ0) is 13.9. The Morgan fingerprint density at radius 1 is 1.44 bits per heavy atom. The predicted octanol–water partition coefficient (Wildman–Crippen LogP) is 2.10. The van der Waals surface area contributed by atoms with Crippen LogP contribution in [0.4, 0.5) is 18.9 Å². The molecule has 0 spiro atoms. The summed E-state index contributed by atoms with van der Waals surface area (Å²) in [5, 5.41) is 2.36. The Labute approximate surface area is 102 Å². The van der Waals surface area contributed by atoms with E-state index in [2.05, 4.69) is 10.1 Å². The van der Waals surface area contributed by atoms with Gasteiger partial charge in [-0.05, 0) is 26.0 Å². The minimum absolute atomic E-state index is 0.109. The molecule has 3 N–H and O–H groups in total. The highest BCUT2D eigenvalue weighted by atomic mass is 19.3. The van der Waals surface area contributed by atoms with Crippen molar-refractivity contribution in [2.75, 3.05) is 5.32 Å². The molecule has 4 nitrogen and oxygen atoms in total. The van der Waals surface area contributed by atoms with Gasteiger partial charge in [0.15, 0.2) is 11.6 Å². The van der Waals surface area contributed by atoms with Crippen molar-refractivity contribution in [1.82, 2.24) is 0 Å². The van der Waals surface area contributed by atoms with Crippen LogP contribution in [0.15, 0.2) is 18.2 Å². The zero-order valence-electron chi connectivity index (χ0n) is 9.84. The number of amides is 1. The second-order valence-electron chi connectivity index (χ2n) is 4.20. The van der Waals surface area contributed by atoms with E-state index < -0.39 is 29.6 Å². The zero-order valence-corrected chi connectivity index (χ0v) is 9.84. The smallest absolute Gasteiger partial charge is 0.387 e. The second-order valence-corrected chi connectivity index (χ2v) is 4.20. The van der Waals surface area contributed by atoms with E-state index in [0.717, 1.165) is 12.1 Å². The number of alkyl halides is 2. The number of hydrogen-bond acceptors (Lipinski definition) is 3. The first kappa shape index (κ1) is 14.3. The lowest BCUT2D eigenvalue weighted by Crippen LogP contribution is -2.45. The first-order valence-corrected chi connectivity index (χ1v) is 5.05. The Balaban J connectivity index is 2.82. The van der Waals surface area contributed by atoms with Crippen molar-refractivity contribution in [2.24, 2.45) is 5.73 Å². The summed E-state index contributed by atoms with van der Waals surface area (Å²) in [5.41, 5.74) is 4.51. The van der Waals surface area contributed by atoms with Crippen molar-refractivity contribution in [3.8, 4) is 5.75 Å². The first-order valence-electron chi connectivity index (χ1n) is 5.05. The lowest BCUT2D eigenvalue weighted by Gasteiger charge is -2.18. The second kappa shape index (κ2) is 5.26. The van der Waals surface area contributed by atoms with Gasteiger partial charge in [-0.25, -0.2) is 4.39 Å². The van der Waals surface area contributed by atoms with Gasteiger partial charge in [0.1, 0.15) is 0 Å². The molecule has 1 rings (SSSR count). The molecular formula is C11H13F3N2O2. The topological polar surface area (TPSA) is 64.4 Å². The molecule has 0 aliphatic carbocycles. The highest BCUT2D eigenvalue weighted by molar-refractivity contribution is 5.97. The van der Waals surface area contributed by atoms with Gasteiger partial charge in [-0.2, -0.15) is 8.78 Å². The van der Waals surface area contributed by atoms with Gasteiger partial charge in [-0.3, -0.25) is 4.79 Å². The minimum Gasteiger partial charge on any atom is -0.432 e. The largest absolute Gasteiger partial charge is 0.432 e. The van der Waals surface area contributed by atoms with Gasteiger partial charge >= 0.3 is 6.61 Å². The van der Waals surface area contributed by atoms with Gasteiger partial charge in [-0.1, -0.05) is 0 Å². The summed E-state index contributed by atoms with van der Waals surface area (Å²) in [5.74, 6) is -2.11. The van der Waals surface area contributed by atoms with Gasteiger partial charge in [-0.15, -0.1) is 0 Å². The van der Waals surface area contributed by atoms with Gasteiger partial charge in [0.25, 0.3) is 0 Å². The third kappa shape index (κ3) is 3.92. The summed E-state index contributed by atoms with van der Waals surface area (Å²) in [6, 6.07) is 3.12. The summed E-state index contributed by atoms with van der Waals surface area (Å²) >= 11 is 0. The highest BCUT2D eigenvalue weighted by Crippen LogP contribution is 2.23. The van der Waals surface area contributed by atoms with E-state index in [1.165, 1.54) is 19.9 Å². The third-order valence-corrected chi connectivity index (χ3v) is 1.99. The number of carbonyl (C=O) groups is 1. The Bertz CT molecular complexity index is 444. The molecule has 0 saturated heterocycles. The Morgan fingerprint density at radius 2 is 2.06 bits per heavy atom. The van der Waals surface area contributed by atoms with E-state index in [-0.39, 0.29) is 5.69 Å². The number of nitrogens with one attached hydrogen (secondary N) is 1. The molecule has 0 aliphatic rings. The normalized spacial score (nSPS) is 11.5. The molecule has 1 aromatic carbocycles. The number of halogens is 3. The van der Waals surface area contributed by atoms with E-state index in [1.54, 1.807) is 0 Å². The van der Waals surface area contributed by atoms with E-state index in [0.29, 0.717) is 0 Å². The number of anilines is 1. The summed E-state index contributed by atoms with van der Waals surface area (Å²) in [7, 11) is 0. The molecule has 0 aromatic heterocycles. The van der Waals surface area contributed by atoms with Gasteiger partial charge in [0.2, 0.25) is 5.91 Å². The van der Waals surface area contributed by atoms with E-state index in [9.17, 15) is 18.0 Å². The van der Waals surface area contributed by atoms with Crippen molar-refractivity contribution in [3.63, 3.8) is 0 Å². The maximum absolute atomic E-state index is 13.3. The summed E-state index contributed by atoms with van der Waals surface area (Å²) in [4.78, 5) is 11.5. The van der Waals surface area contributed by atoms with Crippen LogP contribution in [-0.2, 0) is 4.79 Å². The SMILES string of the molecule is CC(C)(N)C(=O)Nc1ccc(OC(F)F)c(F)c1. The van der Waals surface area contributed by atoms with Crippen molar-refractivity contribution >= 4 is 11.6 Å². The van der Waals surface area contributed by atoms with Crippen LogP contribution in [0.25, 0.3) is 0 Å². The van der Waals surface area contributed by atoms with Crippen molar-refractivity contribution < 1.29 is 22.7 Å². The van der Waals surface area contributed by atoms with Crippen molar-refractivity contribution in [3.05, 3.63) is 24.0 Å². The van der Waals surface area contributed by atoms with E-state index >= 15 is 0 Å². The predicted molar refractivity (Wildman–Crippen MR) is 59.9 cm³/mol. The molecule has 1 aromatic rings. The van der Waals surface area contributed by atoms with Crippen LogP contribution in [0.2, 0.25) is 0 Å². The average molecular weight is 262 g/mol. The number of ether oxygens (including phenoxy) is 1. The van der Waals surface area contributed by atoms with Crippen LogP contribution in [0.1, 0.15) is 13.8 Å². The molecular weight excluding hydrogens is 249 g/mol. The number of carbonyl (C=O) groups excluding carboxylic acids is 1. The van der Waals surface area contributed by atoms with Crippen LogP contribution in [0.3, 0.4) is 0 Å². The van der Waals surface area contributed by atoms with Crippen LogP contribution in [0.5, 0.6) is 5.75 Å². The number of rotatable bonds is 4. The Hall–Kier alpha value is -1.76. The average Bonchev–Trinajstić information content (AvgIpc) is 2.20. The van der Waals surface area contributed by atoms with Crippen molar-refractivity contribution in [2.45, 2.75) is 26.0 Å². The van der Waals surface area contributed by atoms with Gasteiger partial charge < -0.3 is 15.8 Å². The van der Waals surface area contributed by atoms with Gasteiger partial charge in [0, 0.05) is 11.8 Å². The molecule has 0 fully saturated rings. The molecule has 7 heteroatoms. The maximum atomic E-state index is 13.3. The molecule has 0 bridgehead atoms. The quantitative estimate of drug-likeness (QED) is 0.873. The van der Waals surface area contributed by atoms with Gasteiger partial charge in [0.05, 0.1) is 5.54 Å². The lowest BCUT2D eigenvalue weighted by atomic mass is 10.1. The molecule has 18 heavy (non-hydrogen) atoms. The van der Waals surface area contributed by atoms with Crippen LogP contribution in [0, 0.1) is 5.82 Å². The van der Waals surface area contributed by atoms with Crippen LogP contribution >= 0.6 is 0 Å². The lowest BCUT2D eigenvalue weighted by molar-refractivity contribution is -0.120. The fourth-order valence-corrected chi connectivity index (χ4v) is 1.06. The number of benzene rings is 1.